The molecule has 1 heterocycles. The second-order valence-electron chi connectivity index (χ2n) is 7.17. The molecule has 1 aliphatic heterocycles. The van der Waals surface area contributed by atoms with Crippen LogP contribution in [0.4, 0.5) is 0 Å². The van der Waals surface area contributed by atoms with Gasteiger partial charge >= 0.3 is 0 Å². The first-order valence-corrected chi connectivity index (χ1v) is 7.92. The monoisotopic (exact) mass is 253 g/mol. The maximum absolute atomic E-state index is 10.4. The summed E-state index contributed by atoms with van der Waals surface area (Å²) in [5.41, 5.74) is 0. The summed E-state index contributed by atoms with van der Waals surface area (Å²) in [6, 6.07) is 1.08. The van der Waals surface area contributed by atoms with Crippen molar-refractivity contribution in [2.75, 3.05) is 6.54 Å². The minimum absolute atomic E-state index is 0.0872. The Kier molecular flexibility index (Phi) is 4.71. The van der Waals surface area contributed by atoms with Gasteiger partial charge in [-0.25, -0.2) is 0 Å². The maximum atomic E-state index is 10.4. The third kappa shape index (κ3) is 3.08. The predicted octanol–water partition coefficient (Wildman–Crippen LogP) is 3.29. The van der Waals surface area contributed by atoms with Gasteiger partial charge < -0.3 is 5.11 Å². The summed E-state index contributed by atoms with van der Waals surface area (Å²) in [7, 11) is 0. The van der Waals surface area contributed by atoms with Crippen molar-refractivity contribution in [2.45, 2.75) is 78.0 Å². The molecule has 106 valence electrons. The molecule has 2 aliphatic rings. The number of hydrogen-bond acceptors (Lipinski definition) is 2. The van der Waals surface area contributed by atoms with Crippen molar-refractivity contribution in [3.05, 3.63) is 0 Å². The summed E-state index contributed by atoms with van der Waals surface area (Å²) in [5.74, 6) is 2.43. The first kappa shape index (κ1) is 14.3. The van der Waals surface area contributed by atoms with Crippen molar-refractivity contribution in [3.8, 4) is 0 Å². The van der Waals surface area contributed by atoms with Crippen molar-refractivity contribution in [2.24, 2.45) is 17.8 Å². The summed E-state index contributed by atoms with van der Waals surface area (Å²) in [5, 5.41) is 10.4. The normalized spacial score (nSPS) is 43.3. The Balaban J connectivity index is 2.01. The Morgan fingerprint density at radius 2 is 1.78 bits per heavy atom. The fourth-order valence-corrected chi connectivity index (χ4v) is 4.04. The first-order valence-electron chi connectivity index (χ1n) is 7.92. The van der Waals surface area contributed by atoms with Crippen LogP contribution in [0.2, 0.25) is 0 Å². The number of aliphatic hydroxyl groups is 1. The molecule has 0 aromatic carbocycles. The van der Waals surface area contributed by atoms with Crippen LogP contribution in [0.25, 0.3) is 0 Å². The maximum Gasteiger partial charge on any atom is 0.0695 e. The molecule has 2 heteroatoms. The summed E-state index contributed by atoms with van der Waals surface area (Å²) >= 11 is 0. The Labute approximate surface area is 113 Å². The van der Waals surface area contributed by atoms with E-state index in [-0.39, 0.29) is 6.10 Å². The van der Waals surface area contributed by atoms with Crippen LogP contribution in [0.1, 0.15) is 59.8 Å². The first-order chi connectivity index (χ1) is 8.49. The molecule has 1 aliphatic carbocycles. The van der Waals surface area contributed by atoms with E-state index in [1.807, 2.05) is 0 Å². The van der Waals surface area contributed by atoms with Crippen molar-refractivity contribution in [1.29, 1.82) is 0 Å². The lowest BCUT2D eigenvalue weighted by atomic mass is 9.76. The molecule has 0 aromatic rings. The number of likely N-dealkylation sites (tertiary alicyclic amines) is 1. The van der Waals surface area contributed by atoms with E-state index in [1.165, 1.54) is 32.2 Å². The molecule has 1 saturated carbocycles. The molecule has 0 bridgehead atoms. The minimum Gasteiger partial charge on any atom is -0.391 e. The zero-order valence-electron chi connectivity index (χ0n) is 12.6. The van der Waals surface area contributed by atoms with Crippen molar-refractivity contribution < 1.29 is 5.11 Å². The highest BCUT2D eigenvalue weighted by molar-refractivity contribution is 4.91. The SMILES string of the molecule is CC1CCN(C2CC(C(C)C)CCC2O)C(C)C1. The lowest BCUT2D eigenvalue weighted by Gasteiger charge is -2.47. The van der Waals surface area contributed by atoms with Gasteiger partial charge in [0.05, 0.1) is 6.10 Å². The molecule has 1 N–H and O–H groups in total. The molecular formula is C16H31NO. The largest absolute Gasteiger partial charge is 0.391 e. The number of piperidine rings is 1. The Morgan fingerprint density at radius 3 is 2.39 bits per heavy atom. The number of hydrogen-bond donors (Lipinski definition) is 1. The highest BCUT2D eigenvalue weighted by Crippen LogP contribution is 2.36. The van der Waals surface area contributed by atoms with E-state index in [0.717, 1.165) is 24.2 Å². The van der Waals surface area contributed by atoms with E-state index in [9.17, 15) is 5.11 Å². The van der Waals surface area contributed by atoms with E-state index in [2.05, 4.69) is 32.6 Å². The van der Waals surface area contributed by atoms with E-state index in [1.54, 1.807) is 0 Å². The molecular weight excluding hydrogens is 222 g/mol. The summed E-state index contributed by atoms with van der Waals surface area (Å²) in [6.45, 7) is 10.6. The third-order valence-electron chi connectivity index (χ3n) is 5.38. The van der Waals surface area contributed by atoms with Gasteiger partial charge in [0.25, 0.3) is 0 Å². The van der Waals surface area contributed by atoms with Crippen LogP contribution >= 0.6 is 0 Å². The van der Waals surface area contributed by atoms with Gasteiger partial charge in [0.1, 0.15) is 0 Å². The summed E-state index contributed by atoms with van der Waals surface area (Å²) in [6.07, 6.45) is 5.95. The highest BCUT2D eigenvalue weighted by Gasteiger charge is 2.37. The van der Waals surface area contributed by atoms with E-state index >= 15 is 0 Å². The van der Waals surface area contributed by atoms with E-state index in [0.29, 0.717) is 12.1 Å². The zero-order chi connectivity index (χ0) is 13.3. The third-order valence-corrected chi connectivity index (χ3v) is 5.38. The standard InChI is InChI=1S/C16H31NO/c1-11(2)14-5-6-16(18)15(10-14)17-8-7-12(3)9-13(17)4/h11-16,18H,5-10H2,1-4H3. The predicted molar refractivity (Wildman–Crippen MR) is 76.5 cm³/mol. The van der Waals surface area contributed by atoms with Gasteiger partial charge in [-0.2, -0.15) is 0 Å². The molecule has 2 nitrogen and oxygen atoms in total. The van der Waals surface area contributed by atoms with Gasteiger partial charge in [0.2, 0.25) is 0 Å². The smallest absolute Gasteiger partial charge is 0.0695 e. The number of nitrogens with zero attached hydrogens (tertiary/aromatic N) is 1. The van der Waals surface area contributed by atoms with Gasteiger partial charge in [0.15, 0.2) is 0 Å². The lowest BCUT2D eigenvalue weighted by molar-refractivity contribution is -0.0367. The van der Waals surface area contributed by atoms with Crippen molar-refractivity contribution in [3.63, 3.8) is 0 Å². The molecule has 0 aromatic heterocycles. The molecule has 5 unspecified atom stereocenters. The summed E-state index contributed by atoms with van der Waals surface area (Å²) < 4.78 is 0. The molecule has 2 fully saturated rings. The van der Waals surface area contributed by atoms with Gasteiger partial charge in [-0.05, 0) is 63.3 Å². The summed E-state index contributed by atoms with van der Waals surface area (Å²) in [4.78, 5) is 2.61. The second kappa shape index (κ2) is 5.92. The number of aliphatic hydroxyl groups excluding tert-OH is 1. The molecule has 18 heavy (non-hydrogen) atoms. The lowest BCUT2D eigenvalue weighted by Crippen LogP contribution is -2.54. The average Bonchev–Trinajstić information content (AvgIpc) is 2.30. The van der Waals surface area contributed by atoms with Gasteiger partial charge in [-0.1, -0.05) is 20.8 Å². The molecule has 2 rings (SSSR count). The van der Waals surface area contributed by atoms with Crippen LogP contribution in [0.5, 0.6) is 0 Å². The molecule has 1 saturated heterocycles. The second-order valence-corrected chi connectivity index (χ2v) is 7.17. The molecule has 0 amide bonds. The van der Waals surface area contributed by atoms with Crippen LogP contribution in [0.3, 0.4) is 0 Å². The average molecular weight is 253 g/mol. The van der Waals surface area contributed by atoms with Crippen LogP contribution in [-0.4, -0.2) is 34.7 Å². The zero-order valence-corrected chi connectivity index (χ0v) is 12.6. The highest BCUT2D eigenvalue weighted by atomic mass is 16.3. The number of rotatable bonds is 2. The topological polar surface area (TPSA) is 23.5 Å². The van der Waals surface area contributed by atoms with Gasteiger partial charge in [-0.15, -0.1) is 0 Å². The molecule has 5 atom stereocenters. The van der Waals surface area contributed by atoms with Crippen molar-refractivity contribution in [1.82, 2.24) is 4.90 Å². The Morgan fingerprint density at radius 1 is 1.06 bits per heavy atom. The quantitative estimate of drug-likeness (QED) is 0.816. The van der Waals surface area contributed by atoms with E-state index in [4.69, 9.17) is 0 Å². The van der Waals surface area contributed by atoms with E-state index < -0.39 is 0 Å². The Bertz CT molecular complexity index is 266. The fraction of sp³-hybridized carbons (Fsp3) is 1.00. The molecule has 0 spiro atoms. The fourth-order valence-electron chi connectivity index (χ4n) is 4.04. The van der Waals surface area contributed by atoms with Crippen molar-refractivity contribution >= 4 is 0 Å². The van der Waals surface area contributed by atoms with Crippen LogP contribution in [-0.2, 0) is 0 Å². The van der Waals surface area contributed by atoms with Crippen LogP contribution < -0.4 is 0 Å². The minimum atomic E-state index is -0.0872. The van der Waals surface area contributed by atoms with Crippen LogP contribution in [0.15, 0.2) is 0 Å². The molecule has 0 radical (unpaired) electrons. The van der Waals surface area contributed by atoms with Gasteiger partial charge in [-0.3, -0.25) is 4.90 Å². The Hall–Kier alpha value is -0.0800. The van der Waals surface area contributed by atoms with Crippen LogP contribution in [0, 0.1) is 17.8 Å². The van der Waals surface area contributed by atoms with Gasteiger partial charge in [0, 0.05) is 12.1 Å².